The molecule has 6 heteroatoms. The third-order valence-corrected chi connectivity index (χ3v) is 4.50. The van der Waals surface area contributed by atoms with Crippen LogP contribution in [0.15, 0.2) is 48.5 Å². The first kappa shape index (κ1) is 18.8. The SMILES string of the molecule is CCc1ccc(O[C@H](C)C(=O)N2C[C@H](C(=O)OC)Oc3ccccc32)cc1. The number of aryl methyl sites for hydroxylation is 1. The van der Waals surface area contributed by atoms with Crippen molar-refractivity contribution in [2.75, 3.05) is 18.6 Å². The minimum Gasteiger partial charge on any atom is -0.481 e. The molecular formula is C21H23NO5. The molecule has 0 spiro atoms. The molecule has 0 aromatic heterocycles. The summed E-state index contributed by atoms with van der Waals surface area (Å²) in [5.41, 5.74) is 1.81. The normalized spacial score (nSPS) is 16.7. The molecule has 0 bridgehead atoms. The van der Waals surface area contributed by atoms with E-state index in [1.165, 1.54) is 17.6 Å². The molecule has 2 atom stereocenters. The van der Waals surface area contributed by atoms with Crippen LogP contribution in [0.5, 0.6) is 11.5 Å². The second-order valence-corrected chi connectivity index (χ2v) is 6.30. The number of anilines is 1. The van der Waals surface area contributed by atoms with Gasteiger partial charge >= 0.3 is 5.97 Å². The maximum atomic E-state index is 13.0. The van der Waals surface area contributed by atoms with Gasteiger partial charge in [-0.25, -0.2) is 4.79 Å². The van der Waals surface area contributed by atoms with Gasteiger partial charge in [0.2, 0.25) is 6.10 Å². The second-order valence-electron chi connectivity index (χ2n) is 6.30. The summed E-state index contributed by atoms with van der Waals surface area (Å²) < 4.78 is 16.3. The zero-order valence-corrected chi connectivity index (χ0v) is 15.7. The van der Waals surface area contributed by atoms with Gasteiger partial charge in [0.1, 0.15) is 11.5 Å². The van der Waals surface area contributed by atoms with Crippen LogP contribution in [0.3, 0.4) is 0 Å². The van der Waals surface area contributed by atoms with E-state index < -0.39 is 18.2 Å². The summed E-state index contributed by atoms with van der Waals surface area (Å²) in [6.07, 6.45) is -0.652. The van der Waals surface area contributed by atoms with Crippen LogP contribution < -0.4 is 14.4 Å². The van der Waals surface area contributed by atoms with Crippen molar-refractivity contribution in [3.05, 3.63) is 54.1 Å². The third kappa shape index (κ3) is 4.05. The Bertz CT molecular complexity index is 818. The molecule has 0 radical (unpaired) electrons. The number of nitrogens with zero attached hydrogens (tertiary/aromatic N) is 1. The fourth-order valence-electron chi connectivity index (χ4n) is 2.98. The highest BCUT2D eigenvalue weighted by molar-refractivity contribution is 5.99. The molecule has 0 unspecified atom stereocenters. The van der Waals surface area contributed by atoms with E-state index in [4.69, 9.17) is 14.2 Å². The molecule has 1 amide bonds. The minimum atomic E-state index is -0.870. The Morgan fingerprint density at radius 2 is 1.89 bits per heavy atom. The molecule has 2 aromatic carbocycles. The number of hydrogen-bond donors (Lipinski definition) is 0. The number of methoxy groups -OCH3 is 1. The molecule has 2 aromatic rings. The predicted octanol–water partition coefficient (Wildman–Crippen LogP) is 2.98. The summed E-state index contributed by atoms with van der Waals surface area (Å²) in [4.78, 5) is 26.5. The van der Waals surface area contributed by atoms with Crippen molar-refractivity contribution in [2.24, 2.45) is 0 Å². The molecule has 142 valence electrons. The molecule has 3 rings (SSSR count). The van der Waals surface area contributed by atoms with Crippen LogP contribution >= 0.6 is 0 Å². The van der Waals surface area contributed by atoms with Gasteiger partial charge in [-0.05, 0) is 43.2 Å². The lowest BCUT2D eigenvalue weighted by Crippen LogP contribution is -2.50. The Morgan fingerprint density at radius 1 is 1.19 bits per heavy atom. The average molecular weight is 369 g/mol. The molecule has 0 saturated carbocycles. The second kappa shape index (κ2) is 8.12. The van der Waals surface area contributed by atoms with Gasteiger partial charge in [-0.2, -0.15) is 0 Å². The molecule has 0 aliphatic carbocycles. The predicted molar refractivity (Wildman–Crippen MR) is 101 cm³/mol. The number of ether oxygens (including phenoxy) is 3. The molecule has 27 heavy (non-hydrogen) atoms. The van der Waals surface area contributed by atoms with Gasteiger partial charge in [-0.1, -0.05) is 31.2 Å². The van der Waals surface area contributed by atoms with Gasteiger partial charge in [-0.15, -0.1) is 0 Å². The Labute approximate surface area is 158 Å². The first-order chi connectivity index (χ1) is 13.0. The van der Waals surface area contributed by atoms with E-state index in [-0.39, 0.29) is 12.5 Å². The van der Waals surface area contributed by atoms with E-state index in [0.717, 1.165) is 6.42 Å². The van der Waals surface area contributed by atoms with Crippen molar-refractivity contribution in [1.29, 1.82) is 0 Å². The lowest BCUT2D eigenvalue weighted by molar-refractivity contribution is -0.148. The Kier molecular flexibility index (Phi) is 5.64. The van der Waals surface area contributed by atoms with Gasteiger partial charge in [0, 0.05) is 0 Å². The highest BCUT2D eigenvalue weighted by Crippen LogP contribution is 2.34. The highest BCUT2D eigenvalue weighted by Gasteiger charge is 2.36. The Morgan fingerprint density at radius 3 is 2.56 bits per heavy atom. The topological polar surface area (TPSA) is 65.1 Å². The zero-order valence-electron chi connectivity index (χ0n) is 15.7. The largest absolute Gasteiger partial charge is 0.481 e. The molecular weight excluding hydrogens is 346 g/mol. The fourth-order valence-corrected chi connectivity index (χ4v) is 2.98. The van der Waals surface area contributed by atoms with E-state index in [2.05, 4.69) is 6.92 Å². The van der Waals surface area contributed by atoms with E-state index in [9.17, 15) is 9.59 Å². The van der Waals surface area contributed by atoms with Crippen LogP contribution in [0.25, 0.3) is 0 Å². The molecule has 0 fully saturated rings. The number of carbonyl (C=O) groups is 2. The zero-order chi connectivity index (χ0) is 19.4. The number of esters is 1. The van der Waals surface area contributed by atoms with Gasteiger partial charge in [0.15, 0.2) is 6.10 Å². The highest BCUT2D eigenvalue weighted by atomic mass is 16.6. The standard InChI is InChI=1S/C21H23NO5/c1-4-15-9-11-16(12-10-15)26-14(2)20(23)22-13-19(21(24)25-3)27-18-8-6-5-7-17(18)22/h5-12,14,19H,4,13H2,1-3H3/t14-,19-/m1/s1. The van der Waals surface area contributed by atoms with Crippen molar-refractivity contribution in [3.8, 4) is 11.5 Å². The summed E-state index contributed by atoms with van der Waals surface area (Å²) in [5.74, 6) is 0.316. The van der Waals surface area contributed by atoms with Gasteiger partial charge in [-0.3, -0.25) is 4.79 Å². The quantitative estimate of drug-likeness (QED) is 0.758. The van der Waals surface area contributed by atoms with Crippen LogP contribution in [0.1, 0.15) is 19.4 Å². The van der Waals surface area contributed by atoms with Crippen molar-refractivity contribution < 1.29 is 23.8 Å². The first-order valence-electron chi connectivity index (χ1n) is 8.94. The van der Waals surface area contributed by atoms with Crippen LogP contribution in [-0.4, -0.2) is 37.7 Å². The number of fused-ring (bicyclic) bond motifs is 1. The monoisotopic (exact) mass is 369 g/mol. The van der Waals surface area contributed by atoms with Crippen molar-refractivity contribution >= 4 is 17.6 Å². The molecule has 6 nitrogen and oxygen atoms in total. The maximum absolute atomic E-state index is 13.0. The third-order valence-electron chi connectivity index (χ3n) is 4.50. The number of rotatable bonds is 5. The van der Waals surface area contributed by atoms with Gasteiger partial charge < -0.3 is 19.1 Å². The van der Waals surface area contributed by atoms with Gasteiger partial charge in [0.25, 0.3) is 5.91 Å². The van der Waals surface area contributed by atoms with Gasteiger partial charge in [0.05, 0.1) is 19.3 Å². The van der Waals surface area contributed by atoms with Crippen LogP contribution in [0, 0.1) is 0 Å². The summed E-state index contributed by atoms with van der Waals surface area (Å²) in [6.45, 7) is 3.85. The van der Waals surface area contributed by atoms with Crippen LogP contribution in [0.4, 0.5) is 5.69 Å². The molecule has 0 N–H and O–H groups in total. The number of benzene rings is 2. The van der Waals surface area contributed by atoms with Crippen molar-refractivity contribution in [1.82, 2.24) is 0 Å². The number of hydrogen-bond acceptors (Lipinski definition) is 5. The van der Waals surface area contributed by atoms with Crippen LogP contribution in [0.2, 0.25) is 0 Å². The molecule has 1 aliphatic rings. The van der Waals surface area contributed by atoms with Crippen molar-refractivity contribution in [2.45, 2.75) is 32.5 Å². The summed E-state index contributed by atoms with van der Waals surface area (Å²) in [6, 6.07) is 14.8. The molecule has 0 saturated heterocycles. The first-order valence-corrected chi connectivity index (χ1v) is 8.94. The maximum Gasteiger partial charge on any atom is 0.348 e. The molecule has 1 heterocycles. The lowest BCUT2D eigenvalue weighted by atomic mass is 10.1. The van der Waals surface area contributed by atoms with E-state index >= 15 is 0 Å². The lowest BCUT2D eigenvalue weighted by Gasteiger charge is -2.34. The van der Waals surface area contributed by atoms with E-state index in [1.807, 2.05) is 30.3 Å². The minimum absolute atomic E-state index is 0.0744. The van der Waals surface area contributed by atoms with E-state index in [0.29, 0.717) is 17.2 Å². The average Bonchev–Trinajstić information content (AvgIpc) is 2.72. The summed E-state index contributed by atoms with van der Waals surface area (Å²) in [5, 5.41) is 0. The van der Waals surface area contributed by atoms with Crippen molar-refractivity contribution in [3.63, 3.8) is 0 Å². The molecule has 1 aliphatic heterocycles. The number of amides is 1. The Balaban J connectivity index is 1.79. The summed E-state index contributed by atoms with van der Waals surface area (Å²) in [7, 11) is 1.30. The number of carbonyl (C=O) groups excluding carboxylic acids is 2. The smallest absolute Gasteiger partial charge is 0.348 e. The fraction of sp³-hybridized carbons (Fsp3) is 0.333. The number of para-hydroxylation sites is 2. The van der Waals surface area contributed by atoms with E-state index in [1.54, 1.807) is 25.1 Å². The Hall–Kier alpha value is -3.02. The summed E-state index contributed by atoms with van der Waals surface area (Å²) >= 11 is 0. The van der Waals surface area contributed by atoms with Crippen LogP contribution in [-0.2, 0) is 20.7 Å².